The summed E-state index contributed by atoms with van der Waals surface area (Å²) in [5.41, 5.74) is 11.1. The van der Waals surface area contributed by atoms with Gasteiger partial charge in [-0.05, 0) is 54.2 Å². The first kappa shape index (κ1) is 31.2. The molecule has 0 aliphatic heterocycles. The highest BCUT2D eigenvalue weighted by Gasteiger charge is 2.35. The number of hydrogen-bond acceptors (Lipinski definition) is 3. The average molecular weight is 624 g/mol. The van der Waals surface area contributed by atoms with Crippen LogP contribution in [-0.2, 0) is 5.41 Å². The van der Waals surface area contributed by atoms with E-state index in [1.54, 1.807) is 0 Å². The number of para-hydroxylation sites is 1. The Kier molecular flexibility index (Phi) is 9.47. The van der Waals surface area contributed by atoms with Crippen LogP contribution in [0.4, 0.5) is 5.69 Å². The lowest BCUT2D eigenvalue weighted by Gasteiger charge is -2.39. The summed E-state index contributed by atoms with van der Waals surface area (Å²) in [6, 6.07) is 49.6. The van der Waals surface area contributed by atoms with Crippen molar-refractivity contribution in [1.29, 1.82) is 0 Å². The van der Waals surface area contributed by atoms with Crippen LogP contribution in [0.1, 0.15) is 56.6 Å². The molecule has 1 saturated carbocycles. The van der Waals surface area contributed by atoms with E-state index in [-0.39, 0.29) is 5.41 Å². The quantitative estimate of drug-likeness (QED) is 0.150. The second-order valence-electron chi connectivity index (χ2n) is 12.6. The van der Waals surface area contributed by atoms with Crippen LogP contribution in [-0.4, -0.2) is 16.2 Å². The average Bonchev–Trinajstić information content (AvgIpc) is 3.17. The molecule has 0 bridgehead atoms. The van der Waals surface area contributed by atoms with Crippen LogP contribution in [0.25, 0.3) is 45.0 Å². The zero-order chi connectivity index (χ0) is 32.6. The number of aromatic nitrogens is 2. The molecule has 0 spiro atoms. The van der Waals surface area contributed by atoms with Crippen LogP contribution in [0.3, 0.4) is 0 Å². The third-order valence-corrected chi connectivity index (χ3v) is 9.59. The zero-order valence-electron chi connectivity index (χ0n) is 27.6. The van der Waals surface area contributed by atoms with Gasteiger partial charge in [0, 0.05) is 33.9 Å². The number of aliphatic imine (C=N–C) groups is 1. The third kappa shape index (κ3) is 6.68. The molecule has 5 aromatic carbocycles. The standard InChI is InChI=1S/C45H41N3/c1-2-3-15-32-46-41-21-12-11-20-40(41)34-22-26-38(27-23-34)45(30-13-6-14-31-45)39-28-24-37(25-29-39)44-47-42(35-16-7-4-8-17-35)33-43(48-44)36-18-9-5-10-19-36/h3-5,7-12,15-29,32-33H,2,6,13-14,30-31H2,1H3/b15-3-,46-32?. The molecule has 6 aromatic rings. The van der Waals surface area contributed by atoms with Crippen molar-refractivity contribution in [2.24, 2.45) is 4.99 Å². The van der Waals surface area contributed by atoms with Crippen LogP contribution in [0.15, 0.2) is 157 Å². The molecule has 0 amide bonds. The maximum atomic E-state index is 5.07. The van der Waals surface area contributed by atoms with E-state index < -0.39 is 0 Å². The fourth-order valence-electron chi connectivity index (χ4n) is 7.05. The van der Waals surface area contributed by atoms with Crippen molar-refractivity contribution < 1.29 is 0 Å². The third-order valence-electron chi connectivity index (χ3n) is 9.59. The highest BCUT2D eigenvalue weighted by Crippen LogP contribution is 2.46. The van der Waals surface area contributed by atoms with Gasteiger partial charge >= 0.3 is 0 Å². The fraction of sp³-hybridized carbons (Fsp3) is 0.178. The minimum atomic E-state index is -0.0140. The lowest BCUT2D eigenvalue weighted by Crippen LogP contribution is -2.30. The Morgan fingerprint density at radius 3 is 1.71 bits per heavy atom. The maximum absolute atomic E-state index is 5.07. The van der Waals surface area contributed by atoms with Crippen molar-refractivity contribution in [3.63, 3.8) is 0 Å². The molecule has 48 heavy (non-hydrogen) atoms. The predicted octanol–water partition coefficient (Wildman–Crippen LogP) is 12.1. The molecular formula is C45H41N3. The molecule has 0 N–H and O–H groups in total. The van der Waals surface area contributed by atoms with Crippen molar-refractivity contribution >= 4 is 11.9 Å². The molecule has 236 valence electrons. The number of allylic oxidation sites excluding steroid dienone is 2. The smallest absolute Gasteiger partial charge is 0.160 e. The van der Waals surface area contributed by atoms with E-state index in [9.17, 15) is 0 Å². The van der Waals surface area contributed by atoms with Crippen LogP contribution in [0.5, 0.6) is 0 Å². The molecule has 1 aliphatic rings. The summed E-state index contributed by atoms with van der Waals surface area (Å²) in [5, 5.41) is 0. The molecule has 0 radical (unpaired) electrons. The van der Waals surface area contributed by atoms with Crippen LogP contribution in [0.2, 0.25) is 0 Å². The number of rotatable bonds is 9. The van der Waals surface area contributed by atoms with Crippen LogP contribution >= 0.6 is 0 Å². The molecule has 1 aromatic heterocycles. The molecule has 3 heteroatoms. The van der Waals surface area contributed by atoms with Gasteiger partial charge in [-0.15, -0.1) is 0 Å². The lowest BCUT2D eigenvalue weighted by atomic mass is 9.65. The molecule has 0 atom stereocenters. The molecule has 1 heterocycles. The molecular weight excluding hydrogens is 583 g/mol. The first-order valence-electron chi connectivity index (χ1n) is 17.2. The van der Waals surface area contributed by atoms with Gasteiger partial charge in [0.1, 0.15) is 0 Å². The van der Waals surface area contributed by atoms with Gasteiger partial charge in [0.2, 0.25) is 0 Å². The van der Waals surface area contributed by atoms with Gasteiger partial charge < -0.3 is 0 Å². The second-order valence-corrected chi connectivity index (χ2v) is 12.6. The van der Waals surface area contributed by atoms with Crippen LogP contribution < -0.4 is 0 Å². The maximum Gasteiger partial charge on any atom is 0.160 e. The van der Waals surface area contributed by atoms with Crippen molar-refractivity contribution in [2.45, 2.75) is 50.9 Å². The first-order valence-corrected chi connectivity index (χ1v) is 17.2. The van der Waals surface area contributed by atoms with Crippen molar-refractivity contribution in [2.75, 3.05) is 0 Å². The minimum Gasteiger partial charge on any atom is -0.256 e. The Morgan fingerprint density at radius 1 is 0.583 bits per heavy atom. The molecule has 3 nitrogen and oxygen atoms in total. The summed E-state index contributed by atoms with van der Waals surface area (Å²) in [5.74, 6) is 0.746. The van der Waals surface area contributed by atoms with Crippen molar-refractivity contribution in [1.82, 2.24) is 9.97 Å². The monoisotopic (exact) mass is 623 g/mol. The number of nitrogens with zero attached hydrogens (tertiary/aromatic N) is 3. The molecule has 1 fully saturated rings. The van der Waals surface area contributed by atoms with Gasteiger partial charge in [-0.1, -0.05) is 160 Å². The lowest BCUT2D eigenvalue weighted by molar-refractivity contribution is 0.346. The molecule has 0 saturated heterocycles. The Bertz CT molecular complexity index is 1940. The summed E-state index contributed by atoms with van der Waals surface area (Å²) in [6.07, 6.45) is 13.1. The highest BCUT2D eigenvalue weighted by atomic mass is 14.9. The summed E-state index contributed by atoms with van der Waals surface area (Å²) in [7, 11) is 0. The van der Waals surface area contributed by atoms with Gasteiger partial charge in [-0.2, -0.15) is 0 Å². The fourth-order valence-corrected chi connectivity index (χ4v) is 7.05. The Labute approximate surface area is 284 Å². The summed E-state index contributed by atoms with van der Waals surface area (Å²) in [4.78, 5) is 14.9. The Balaban J connectivity index is 1.23. The van der Waals surface area contributed by atoms with E-state index in [1.165, 1.54) is 36.0 Å². The SMILES string of the molecule is CC/C=C\C=Nc1ccccc1-c1ccc(C2(c3ccc(-c4nc(-c5ccccc5)cc(-c5ccccc5)n4)cc3)CCCCC2)cc1. The summed E-state index contributed by atoms with van der Waals surface area (Å²) in [6.45, 7) is 2.13. The Morgan fingerprint density at radius 2 is 1.12 bits per heavy atom. The second kappa shape index (κ2) is 14.6. The van der Waals surface area contributed by atoms with Gasteiger partial charge in [-0.3, -0.25) is 4.99 Å². The zero-order valence-corrected chi connectivity index (χ0v) is 27.6. The van der Waals surface area contributed by atoms with Gasteiger partial charge in [-0.25, -0.2) is 9.97 Å². The van der Waals surface area contributed by atoms with E-state index in [4.69, 9.17) is 15.0 Å². The van der Waals surface area contributed by atoms with Crippen molar-refractivity contribution in [3.8, 4) is 45.0 Å². The minimum absolute atomic E-state index is 0.0140. The highest BCUT2D eigenvalue weighted by molar-refractivity contribution is 5.82. The summed E-state index contributed by atoms with van der Waals surface area (Å²) >= 11 is 0. The molecule has 7 rings (SSSR count). The number of benzene rings is 5. The van der Waals surface area contributed by atoms with Gasteiger partial charge in [0.25, 0.3) is 0 Å². The molecule has 0 unspecified atom stereocenters. The van der Waals surface area contributed by atoms with Crippen molar-refractivity contribution in [3.05, 3.63) is 163 Å². The largest absolute Gasteiger partial charge is 0.256 e. The van der Waals surface area contributed by atoms with E-state index >= 15 is 0 Å². The molecule has 1 aliphatic carbocycles. The first-order chi connectivity index (χ1) is 23.7. The van der Waals surface area contributed by atoms with E-state index in [0.717, 1.165) is 64.4 Å². The van der Waals surface area contributed by atoms with Gasteiger partial charge in [0.15, 0.2) is 5.82 Å². The predicted molar refractivity (Wildman–Crippen MR) is 202 cm³/mol. The van der Waals surface area contributed by atoms with Gasteiger partial charge in [0.05, 0.1) is 17.1 Å². The van der Waals surface area contributed by atoms with Crippen LogP contribution in [0, 0.1) is 0 Å². The number of hydrogen-bond donors (Lipinski definition) is 0. The van der Waals surface area contributed by atoms with E-state index in [0.29, 0.717) is 0 Å². The summed E-state index contributed by atoms with van der Waals surface area (Å²) < 4.78 is 0. The topological polar surface area (TPSA) is 38.1 Å². The Hall–Kier alpha value is -5.41. The van der Waals surface area contributed by atoms with E-state index in [1.807, 2.05) is 24.4 Å². The normalized spacial score (nSPS) is 14.4. The van der Waals surface area contributed by atoms with E-state index in [2.05, 4.69) is 140 Å².